The van der Waals surface area contributed by atoms with Gasteiger partial charge in [-0.2, -0.15) is 0 Å². The number of H-pyrrole nitrogens is 1. The number of rotatable bonds is 1. The zero-order chi connectivity index (χ0) is 15.3. The van der Waals surface area contributed by atoms with Crippen LogP contribution in [0.5, 0.6) is 0 Å². The van der Waals surface area contributed by atoms with Gasteiger partial charge in [-0.3, -0.25) is 9.89 Å². The van der Waals surface area contributed by atoms with Crippen molar-refractivity contribution in [2.24, 2.45) is 0 Å². The lowest BCUT2D eigenvalue weighted by molar-refractivity contribution is 0.628. The van der Waals surface area contributed by atoms with Gasteiger partial charge in [-0.25, -0.2) is 13.9 Å². The van der Waals surface area contributed by atoms with Crippen molar-refractivity contribution in [1.29, 1.82) is 0 Å². The lowest BCUT2D eigenvalue weighted by Crippen LogP contribution is -2.25. The summed E-state index contributed by atoms with van der Waals surface area (Å²) in [6.07, 6.45) is 3.73. The maximum Gasteiger partial charge on any atom is 0.276 e. The van der Waals surface area contributed by atoms with Crippen molar-refractivity contribution >= 4 is 5.65 Å². The van der Waals surface area contributed by atoms with Crippen molar-refractivity contribution in [3.05, 3.63) is 57.4 Å². The van der Waals surface area contributed by atoms with Crippen LogP contribution in [0.2, 0.25) is 0 Å². The van der Waals surface area contributed by atoms with Crippen molar-refractivity contribution in [1.82, 2.24) is 14.6 Å². The van der Waals surface area contributed by atoms with E-state index in [-0.39, 0.29) is 11.4 Å². The third-order valence-electron chi connectivity index (χ3n) is 4.34. The summed E-state index contributed by atoms with van der Waals surface area (Å²) in [5, 5.41) is 3.08. The molecular formula is C17H16FN3O. The van der Waals surface area contributed by atoms with Crippen molar-refractivity contribution in [3.63, 3.8) is 0 Å². The van der Waals surface area contributed by atoms with Crippen LogP contribution in [-0.2, 0) is 12.8 Å². The van der Waals surface area contributed by atoms with Crippen LogP contribution in [-0.4, -0.2) is 14.6 Å². The van der Waals surface area contributed by atoms with Gasteiger partial charge in [0.15, 0.2) is 5.65 Å². The summed E-state index contributed by atoms with van der Waals surface area (Å²) in [5.74, 6) is -0.295. The first-order valence-corrected chi connectivity index (χ1v) is 7.54. The Morgan fingerprint density at radius 1 is 1.27 bits per heavy atom. The smallest absolute Gasteiger partial charge is 0.276 e. The highest BCUT2D eigenvalue weighted by Crippen LogP contribution is 2.28. The van der Waals surface area contributed by atoms with Crippen LogP contribution in [0, 0.1) is 12.7 Å². The van der Waals surface area contributed by atoms with E-state index in [2.05, 4.69) is 5.10 Å². The Balaban J connectivity index is 2.06. The lowest BCUT2D eigenvalue weighted by atomic mass is 9.97. The first-order chi connectivity index (χ1) is 10.6. The minimum Gasteiger partial charge on any atom is -0.293 e. The number of aromatic amines is 1. The van der Waals surface area contributed by atoms with Crippen LogP contribution in [0.1, 0.15) is 29.8 Å². The molecule has 0 amide bonds. The van der Waals surface area contributed by atoms with Crippen LogP contribution >= 0.6 is 0 Å². The molecule has 0 fully saturated rings. The molecule has 1 aliphatic carbocycles. The average molecular weight is 297 g/mol. The van der Waals surface area contributed by atoms with Crippen LogP contribution in [0.15, 0.2) is 29.1 Å². The van der Waals surface area contributed by atoms with Gasteiger partial charge in [-0.1, -0.05) is 12.1 Å². The minimum atomic E-state index is -0.295. The number of aromatic nitrogens is 3. The number of halogens is 1. The second-order valence-corrected chi connectivity index (χ2v) is 5.83. The Kier molecular flexibility index (Phi) is 2.89. The number of hydrogen-bond acceptors (Lipinski definition) is 2. The van der Waals surface area contributed by atoms with Crippen LogP contribution < -0.4 is 5.56 Å². The second-order valence-electron chi connectivity index (χ2n) is 5.83. The molecule has 112 valence electrons. The Morgan fingerprint density at radius 3 is 2.91 bits per heavy atom. The Hall–Kier alpha value is -2.43. The predicted molar refractivity (Wildman–Crippen MR) is 82.6 cm³/mol. The Labute approximate surface area is 126 Å². The molecule has 1 aromatic carbocycles. The van der Waals surface area contributed by atoms with E-state index in [9.17, 15) is 9.18 Å². The molecule has 4 rings (SSSR count). The van der Waals surface area contributed by atoms with Gasteiger partial charge in [0, 0.05) is 16.8 Å². The average Bonchev–Trinajstić information content (AvgIpc) is 2.84. The quantitative estimate of drug-likeness (QED) is 0.750. The maximum absolute atomic E-state index is 13.5. The number of hydrogen-bond donors (Lipinski definition) is 1. The largest absolute Gasteiger partial charge is 0.293 e. The second kappa shape index (κ2) is 4.80. The highest BCUT2D eigenvalue weighted by atomic mass is 19.1. The molecule has 0 spiro atoms. The molecule has 1 N–H and O–H groups in total. The summed E-state index contributed by atoms with van der Waals surface area (Å²) < 4.78 is 15.0. The third kappa shape index (κ3) is 1.89. The van der Waals surface area contributed by atoms with Gasteiger partial charge in [0.05, 0.1) is 5.69 Å². The van der Waals surface area contributed by atoms with E-state index in [1.54, 1.807) is 6.07 Å². The molecule has 0 unspecified atom stereocenters. The first-order valence-electron chi connectivity index (χ1n) is 7.54. The Bertz CT molecular complexity index is 939. The molecule has 0 bridgehead atoms. The van der Waals surface area contributed by atoms with Crippen molar-refractivity contribution in [2.75, 3.05) is 0 Å². The molecule has 0 atom stereocenters. The van der Waals surface area contributed by atoms with E-state index in [1.165, 1.54) is 16.6 Å². The number of benzene rings is 1. The summed E-state index contributed by atoms with van der Waals surface area (Å²) in [6.45, 7) is 1.88. The van der Waals surface area contributed by atoms with E-state index in [0.717, 1.165) is 53.8 Å². The molecule has 4 nitrogen and oxygen atoms in total. The number of nitrogens with zero attached hydrogens (tertiary/aromatic N) is 2. The summed E-state index contributed by atoms with van der Waals surface area (Å²) in [7, 11) is 0. The SMILES string of the molecule is Cc1[nH]n2c(=O)c3c(nc2c1-c1cccc(F)c1)CCCC3. The minimum absolute atomic E-state index is 0.0227. The van der Waals surface area contributed by atoms with Gasteiger partial charge < -0.3 is 0 Å². The van der Waals surface area contributed by atoms with Gasteiger partial charge in [-0.05, 0) is 50.3 Å². The van der Waals surface area contributed by atoms with Gasteiger partial charge in [-0.15, -0.1) is 0 Å². The normalized spacial score (nSPS) is 14.3. The van der Waals surface area contributed by atoms with Crippen LogP contribution in [0.25, 0.3) is 16.8 Å². The monoisotopic (exact) mass is 297 g/mol. The van der Waals surface area contributed by atoms with Crippen molar-refractivity contribution < 1.29 is 4.39 Å². The molecule has 22 heavy (non-hydrogen) atoms. The number of nitrogens with one attached hydrogen (secondary N) is 1. The van der Waals surface area contributed by atoms with Crippen molar-refractivity contribution in [2.45, 2.75) is 32.6 Å². The number of fused-ring (bicyclic) bond motifs is 2. The zero-order valence-electron chi connectivity index (χ0n) is 12.3. The maximum atomic E-state index is 13.5. The van der Waals surface area contributed by atoms with E-state index < -0.39 is 0 Å². The first kappa shape index (κ1) is 13.2. The summed E-state index contributed by atoms with van der Waals surface area (Å²) in [4.78, 5) is 17.4. The van der Waals surface area contributed by atoms with E-state index in [1.807, 2.05) is 13.0 Å². The van der Waals surface area contributed by atoms with Crippen LogP contribution in [0.4, 0.5) is 4.39 Å². The fourth-order valence-electron chi connectivity index (χ4n) is 3.30. The fourth-order valence-corrected chi connectivity index (χ4v) is 3.30. The van der Waals surface area contributed by atoms with Gasteiger partial charge in [0.2, 0.25) is 0 Å². The molecule has 2 aromatic heterocycles. The van der Waals surface area contributed by atoms with E-state index in [4.69, 9.17) is 4.98 Å². The molecule has 0 saturated carbocycles. The summed E-state index contributed by atoms with van der Waals surface area (Å²) in [6, 6.07) is 6.39. The molecule has 0 saturated heterocycles. The highest BCUT2D eigenvalue weighted by Gasteiger charge is 2.21. The Morgan fingerprint density at radius 2 is 2.09 bits per heavy atom. The van der Waals surface area contributed by atoms with Gasteiger partial charge in [0.25, 0.3) is 5.56 Å². The highest BCUT2D eigenvalue weighted by molar-refractivity contribution is 5.79. The molecule has 0 aliphatic heterocycles. The van der Waals surface area contributed by atoms with Crippen molar-refractivity contribution in [3.8, 4) is 11.1 Å². The summed E-state index contributed by atoms with van der Waals surface area (Å²) in [5.41, 5.74) is 4.63. The molecule has 3 aromatic rings. The lowest BCUT2D eigenvalue weighted by Gasteiger charge is -2.13. The molecule has 1 aliphatic rings. The summed E-state index contributed by atoms with van der Waals surface area (Å²) >= 11 is 0. The third-order valence-corrected chi connectivity index (χ3v) is 4.34. The van der Waals surface area contributed by atoms with E-state index in [0.29, 0.717) is 5.65 Å². The molecule has 2 heterocycles. The van der Waals surface area contributed by atoms with Gasteiger partial charge >= 0.3 is 0 Å². The molecular weight excluding hydrogens is 281 g/mol. The topological polar surface area (TPSA) is 50.2 Å². The van der Waals surface area contributed by atoms with E-state index >= 15 is 0 Å². The molecule has 0 radical (unpaired) electrons. The van der Waals surface area contributed by atoms with Gasteiger partial charge in [0.1, 0.15) is 5.82 Å². The van der Waals surface area contributed by atoms with Crippen LogP contribution in [0.3, 0.4) is 0 Å². The predicted octanol–water partition coefficient (Wildman–Crippen LogP) is 3.02. The zero-order valence-corrected chi connectivity index (χ0v) is 12.3. The number of aryl methyl sites for hydroxylation is 2. The fraction of sp³-hybridized carbons (Fsp3) is 0.294. The molecule has 5 heteroatoms. The standard InChI is InChI=1S/C17H16FN3O/c1-10-15(11-5-4-6-12(18)9-11)16-19-14-8-3-2-7-13(14)17(22)21(16)20-10/h4-6,9,20H,2-3,7-8H2,1H3.